The lowest BCUT2D eigenvalue weighted by Crippen LogP contribution is -1.99. The highest BCUT2D eigenvalue weighted by molar-refractivity contribution is 9.10. The van der Waals surface area contributed by atoms with E-state index >= 15 is 0 Å². The third kappa shape index (κ3) is 3.07. The Labute approximate surface area is 113 Å². The van der Waals surface area contributed by atoms with Crippen LogP contribution in [0.3, 0.4) is 0 Å². The van der Waals surface area contributed by atoms with Crippen LogP contribution in [0.15, 0.2) is 40.9 Å². The van der Waals surface area contributed by atoms with Crippen molar-refractivity contribution >= 4 is 15.9 Å². The molecule has 0 amide bonds. The predicted molar refractivity (Wildman–Crippen MR) is 69.6 cm³/mol. The monoisotopic (exact) mass is 312 g/mol. The fourth-order valence-corrected chi connectivity index (χ4v) is 1.75. The maximum Gasteiger partial charge on any atom is 0.132 e. The number of ether oxygens (including phenoxy) is 1. The Bertz CT molecular complexity index is 570. The Morgan fingerprint density at radius 3 is 2.56 bits per heavy atom. The summed E-state index contributed by atoms with van der Waals surface area (Å²) in [4.78, 5) is 0. The number of hydrogen-bond donors (Lipinski definition) is 0. The Morgan fingerprint density at radius 1 is 1.11 bits per heavy atom. The van der Waals surface area contributed by atoms with E-state index in [2.05, 4.69) is 15.9 Å². The molecule has 0 aliphatic heterocycles. The molecule has 1 nitrogen and oxygen atoms in total. The van der Waals surface area contributed by atoms with Crippen molar-refractivity contribution in [3.63, 3.8) is 0 Å². The maximum atomic E-state index is 13.4. The standard InChI is InChI=1S/C14H11BrF2O/c1-9-6-12(4-5-13(9)15)18-8-10-2-3-11(16)7-14(10)17/h2-7H,8H2,1H3. The molecule has 2 aromatic rings. The summed E-state index contributed by atoms with van der Waals surface area (Å²) in [6.45, 7) is 2.02. The topological polar surface area (TPSA) is 9.23 Å². The van der Waals surface area contributed by atoms with Crippen molar-refractivity contribution in [1.82, 2.24) is 0 Å². The number of aryl methyl sites for hydroxylation is 1. The van der Waals surface area contributed by atoms with Gasteiger partial charge in [-0.2, -0.15) is 0 Å². The van der Waals surface area contributed by atoms with Gasteiger partial charge in [-0.1, -0.05) is 15.9 Å². The van der Waals surface area contributed by atoms with Crippen molar-refractivity contribution in [2.24, 2.45) is 0 Å². The first-order chi connectivity index (χ1) is 8.56. The second-order valence-electron chi connectivity index (χ2n) is 3.94. The summed E-state index contributed by atoms with van der Waals surface area (Å²) in [5.74, 6) is -0.529. The average molecular weight is 313 g/mol. The van der Waals surface area contributed by atoms with E-state index in [1.54, 1.807) is 6.07 Å². The van der Waals surface area contributed by atoms with Crippen molar-refractivity contribution < 1.29 is 13.5 Å². The van der Waals surface area contributed by atoms with Crippen LogP contribution in [-0.4, -0.2) is 0 Å². The van der Waals surface area contributed by atoms with E-state index in [0.29, 0.717) is 11.3 Å². The van der Waals surface area contributed by atoms with Crippen molar-refractivity contribution in [2.45, 2.75) is 13.5 Å². The van der Waals surface area contributed by atoms with Gasteiger partial charge in [0.1, 0.15) is 24.0 Å². The van der Waals surface area contributed by atoms with Gasteiger partial charge < -0.3 is 4.74 Å². The zero-order chi connectivity index (χ0) is 13.1. The molecule has 0 N–H and O–H groups in total. The Hall–Kier alpha value is -1.42. The first kappa shape index (κ1) is 13.0. The molecular weight excluding hydrogens is 302 g/mol. The molecule has 4 heteroatoms. The summed E-state index contributed by atoms with van der Waals surface area (Å²) in [6, 6.07) is 8.96. The predicted octanol–water partition coefficient (Wildman–Crippen LogP) is 4.61. The van der Waals surface area contributed by atoms with Gasteiger partial charge in [0.05, 0.1) is 0 Å². The summed E-state index contributed by atoms with van der Waals surface area (Å²) in [5, 5.41) is 0. The van der Waals surface area contributed by atoms with Crippen LogP contribution in [0.25, 0.3) is 0 Å². The highest BCUT2D eigenvalue weighted by Gasteiger charge is 2.05. The van der Waals surface area contributed by atoms with Crippen LogP contribution in [-0.2, 0) is 6.61 Å². The second kappa shape index (κ2) is 5.48. The van der Waals surface area contributed by atoms with Gasteiger partial charge in [-0.15, -0.1) is 0 Å². The van der Waals surface area contributed by atoms with Crippen LogP contribution < -0.4 is 4.74 Å². The molecule has 0 saturated heterocycles. The summed E-state index contributed by atoms with van der Waals surface area (Å²) >= 11 is 3.39. The van der Waals surface area contributed by atoms with Crippen molar-refractivity contribution in [3.05, 3.63) is 63.6 Å². The lowest BCUT2D eigenvalue weighted by atomic mass is 10.2. The molecule has 0 spiro atoms. The van der Waals surface area contributed by atoms with Gasteiger partial charge in [-0.05, 0) is 42.8 Å². The van der Waals surface area contributed by atoms with E-state index in [1.165, 1.54) is 12.1 Å². The number of benzene rings is 2. The zero-order valence-corrected chi connectivity index (χ0v) is 11.3. The fraction of sp³-hybridized carbons (Fsp3) is 0.143. The molecule has 0 radical (unpaired) electrons. The minimum Gasteiger partial charge on any atom is -0.489 e. The lowest BCUT2D eigenvalue weighted by Gasteiger charge is -2.08. The van der Waals surface area contributed by atoms with Crippen LogP contribution >= 0.6 is 15.9 Å². The van der Waals surface area contributed by atoms with Gasteiger partial charge >= 0.3 is 0 Å². The summed E-state index contributed by atoms with van der Waals surface area (Å²) in [6.07, 6.45) is 0. The Kier molecular flexibility index (Phi) is 3.97. The normalized spacial score (nSPS) is 10.4. The van der Waals surface area contributed by atoms with Crippen LogP contribution in [0.4, 0.5) is 8.78 Å². The highest BCUT2D eigenvalue weighted by atomic mass is 79.9. The molecule has 2 rings (SSSR count). The SMILES string of the molecule is Cc1cc(OCc2ccc(F)cc2F)ccc1Br. The van der Waals surface area contributed by atoms with Crippen molar-refractivity contribution in [1.29, 1.82) is 0 Å². The molecule has 0 aliphatic rings. The van der Waals surface area contributed by atoms with Gasteiger partial charge in [0, 0.05) is 16.1 Å². The third-order valence-corrected chi connectivity index (χ3v) is 3.43. The van der Waals surface area contributed by atoms with Crippen LogP contribution in [0, 0.1) is 18.6 Å². The molecule has 0 heterocycles. The van der Waals surface area contributed by atoms with Gasteiger partial charge in [0.25, 0.3) is 0 Å². The zero-order valence-electron chi connectivity index (χ0n) is 9.71. The van der Waals surface area contributed by atoms with Gasteiger partial charge in [-0.25, -0.2) is 8.78 Å². The summed E-state index contributed by atoms with van der Waals surface area (Å²) in [5.41, 5.74) is 1.36. The van der Waals surface area contributed by atoms with E-state index < -0.39 is 11.6 Å². The molecule has 0 saturated carbocycles. The van der Waals surface area contributed by atoms with Crippen molar-refractivity contribution in [3.8, 4) is 5.75 Å². The lowest BCUT2D eigenvalue weighted by molar-refractivity contribution is 0.299. The van der Waals surface area contributed by atoms with Gasteiger partial charge in [-0.3, -0.25) is 0 Å². The van der Waals surface area contributed by atoms with Gasteiger partial charge in [0.15, 0.2) is 0 Å². The first-order valence-corrected chi connectivity index (χ1v) is 6.18. The third-order valence-electron chi connectivity index (χ3n) is 2.54. The van der Waals surface area contributed by atoms with Gasteiger partial charge in [0.2, 0.25) is 0 Å². The van der Waals surface area contributed by atoms with Crippen molar-refractivity contribution in [2.75, 3.05) is 0 Å². The Balaban J connectivity index is 2.09. The number of rotatable bonds is 3. The smallest absolute Gasteiger partial charge is 0.132 e. The van der Waals surface area contributed by atoms with E-state index in [1.807, 2.05) is 19.1 Å². The molecule has 0 fully saturated rings. The second-order valence-corrected chi connectivity index (χ2v) is 4.79. The van der Waals surface area contributed by atoms with E-state index in [0.717, 1.165) is 16.1 Å². The summed E-state index contributed by atoms with van der Waals surface area (Å²) in [7, 11) is 0. The maximum absolute atomic E-state index is 13.4. The minimum absolute atomic E-state index is 0.0766. The molecule has 0 atom stereocenters. The molecule has 0 aliphatic carbocycles. The van der Waals surface area contributed by atoms with Crippen LogP contribution in [0.1, 0.15) is 11.1 Å². The highest BCUT2D eigenvalue weighted by Crippen LogP contribution is 2.22. The fourth-order valence-electron chi connectivity index (χ4n) is 1.51. The molecule has 94 valence electrons. The van der Waals surface area contributed by atoms with E-state index in [4.69, 9.17) is 4.74 Å². The van der Waals surface area contributed by atoms with E-state index in [-0.39, 0.29) is 6.61 Å². The van der Waals surface area contributed by atoms with Crippen LogP contribution in [0.2, 0.25) is 0 Å². The molecule has 0 unspecified atom stereocenters. The molecule has 0 bridgehead atoms. The largest absolute Gasteiger partial charge is 0.489 e. The van der Waals surface area contributed by atoms with E-state index in [9.17, 15) is 8.78 Å². The first-order valence-electron chi connectivity index (χ1n) is 5.39. The molecule has 18 heavy (non-hydrogen) atoms. The Morgan fingerprint density at radius 2 is 1.89 bits per heavy atom. The average Bonchev–Trinajstić information content (AvgIpc) is 2.32. The molecule has 0 aromatic heterocycles. The number of hydrogen-bond acceptors (Lipinski definition) is 1. The molecule has 2 aromatic carbocycles. The summed E-state index contributed by atoms with van der Waals surface area (Å²) < 4.78 is 32.5. The quantitative estimate of drug-likeness (QED) is 0.804. The number of halogens is 3. The minimum atomic E-state index is -0.594. The van der Waals surface area contributed by atoms with Crippen LogP contribution in [0.5, 0.6) is 5.75 Å². The molecular formula is C14H11BrF2O.